The van der Waals surface area contributed by atoms with Gasteiger partial charge < -0.3 is 5.32 Å². The van der Waals surface area contributed by atoms with Gasteiger partial charge in [0.2, 0.25) is 0 Å². The Kier molecular flexibility index (Phi) is 4.50. The van der Waals surface area contributed by atoms with Crippen LogP contribution in [0.15, 0.2) is 30.5 Å². The van der Waals surface area contributed by atoms with Gasteiger partial charge in [0.1, 0.15) is 0 Å². The fraction of sp³-hybridized carbons (Fsp3) is 0.357. The Morgan fingerprint density at radius 2 is 1.89 bits per heavy atom. The minimum absolute atomic E-state index is 0.143. The van der Waals surface area contributed by atoms with Crippen LogP contribution in [-0.2, 0) is 12.0 Å². The standard InChI is InChI=1S/C14H17Cl2N3/c1-14(2,9-17-8-10-6-7-18-19-10)13-11(15)4-3-5-12(13)16/h3-7,17H,8-9H2,1-2H3,(H,18,19). The predicted octanol–water partition coefficient (Wildman–Crippen LogP) is 3.78. The highest BCUT2D eigenvalue weighted by Gasteiger charge is 2.25. The molecule has 0 aliphatic rings. The number of hydrogen-bond donors (Lipinski definition) is 2. The fourth-order valence-corrected chi connectivity index (χ4v) is 3.03. The molecular weight excluding hydrogens is 281 g/mol. The number of aromatic amines is 1. The summed E-state index contributed by atoms with van der Waals surface area (Å²) in [7, 11) is 0. The molecule has 19 heavy (non-hydrogen) atoms. The van der Waals surface area contributed by atoms with Crippen LogP contribution < -0.4 is 5.32 Å². The second-order valence-corrected chi connectivity index (χ2v) is 5.98. The molecule has 1 heterocycles. The van der Waals surface area contributed by atoms with Crippen LogP contribution in [0.25, 0.3) is 0 Å². The van der Waals surface area contributed by atoms with Gasteiger partial charge in [0.25, 0.3) is 0 Å². The molecule has 1 aromatic carbocycles. The van der Waals surface area contributed by atoms with Gasteiger partial charge in [0, 0.05) is 40.4 Å². The molecule has 0 aliphatic heterocycles. The van der Waals surface area contributed by atoms with E-state index in [0.29, 0.717) is 10.0 Å². The minimum Gasteiger partial charge on any atom is -0.310 e. The minimum atomic E-state index is -0.143. The molecule has 2 N–H and O–H groups in total. The number of H-pyrrole nitrogens is 1. The van der Waals surface area contributed by atoms with Crippen molar-refractivity contribution >= 4 is 23.2 Å². The highest BCUT2D eigenvalue weighted by atomic mass is 35.5. The smallest absolute Gasteiger partial charge is 0.0490 e. The van der Waals surface area contributed by atoms with Crippen molar-refractivity contribution in [3.8, 4) is 0 Å². The van der Waals surface area contributed by atoms with Crippen molar-refractivity contribution in [2.45, 2.75) is 25.8 Å². The lowest BCUT2D eigenvalue weighted by molar-refractivity contribution is 0.467. The number of rotatable bonds is 5. The van der Waals surface area contributed by atoms with Gasteiger partial charge in [-0.1, -0.05) is 43.1 Å². The average molecular weight is 298 g/mol. The van der Waals surface area contributed by atoms with E-state index in [4.69, 9.17) is 23.2 Å². The SMILES string of the molecule is CC(C)(CNCc1ccn[nH]1)c1c(Cl)cccc1Cl. The van der Waals surface area contributed by atoms with E-state index in [0.717, 1.165) is 24.3 Å². The van der Waals surface area contributed by atoms with E-state index in [2.05, 4.69) is 29.4 Å². The van der Waals surface area contributed by atoms with Crippen LogP contribution in [0, 0.1) is 0 Å². The van der Waals surface area contributed by atoms with Crippen LogP contribution in [-0.4, -0.2) is 16.7 Å². The van der Waals surface area contributed by atoms with Gasteiger partial charge in [0.15, 0.2) is 0 Å². The molecule has 1 aromatic heterocycles. The molecule has 3 nitrogen and oxygen atoms in total. The van der Waals surface area contributed by atoms with Crippen LogP contribution >= 0.6 is 23.2 Å². The molecule has 102 valence electrons. The van der Waals surface area contributed by atoms with Gasteiger partial charge in [-0.15, -0.1) is 0 Å². The third-order valence-corrected chi connectivity index (χ3v) is 3.71. The average Bonchev–Trinajstić information content (AvgIpc) is 2.81. The molecule has 2 aromatic rings. The van der Waals surface area contributed by atoms with E-state index in [-0.39, 0.29) is 5.41 Å². The van der Waals surface area contributed by atoms with E-state index >= 15 is 0 Å². The van der Waals surface area contributed by atoms with Crippen molar-refractivity contribution in [1.29, 1.82) is 0 Å². The monoisotopic (exact) mass is 297 g/mol. The Labute approximate surface area is 123 Å². The largest absolute Gasteiger partial charge is 0.310 e. The molecule has 0 saturated heterocycles. The highest BCUT2D eigenvalue weighted by molar-refractivity contribution is 6.36. The first-order chi connectivity index (χ1) is 9.00. The number of benzene rings is 1. The molecule has 0 amide bonds. The zero-order chi connectivity index (χ0) is 13.9. The molecule has 0 unspecified atom stereocenters. The van der Waals surface area contributed by atoms with Gasteiger partial charge in [-0.25, -0.2) is 0 Å². The maximum Gasteiger partial charge on any atom is 0.0490 e. The van der Waals surface area contributed by atoms with Crippen LogP contribution in [0.4, 0.5) is 0 Å². The quantitative estimate of drug-likeness (QED) is 0.882. The molecule has 2 rings (SSSR count). The summed E-state index contributed by atoms with van der Waals surface area (Å²) in [4.78, 5) is 0. The van der Waals surface area contributed by atoms with Crippen LogP contribution in [0.2, 0.25) is 10.0 Å². The van der Waals surface area contributed by atoms with Crippen molar-refractivity contribution in [2.75, 3.05) is 6.54 Å². The van der Waals surface area contributed by atoms with Gasteiger partial charge in [-0.2, -0.15) is 5.10 Å². The lowest BCUT2D eigenvalue weighted by Crippen LogP contribution is -2.33. The number of nitrogens with zero attached hydrogens (tertiary/aromatic N) is 1. The molecule has 0 bridgehead atoms. The second kappa shape index (κ2) is 5.95. The Bertz CT molecular complexity index is 515. The van der Waals surface area contributed by atoms with E-state index < -0.39 is 0 Å². The number of halogens is 2. The first-order valence-electron chi connectivity index (χ1n) is 6.14. The number of nitrogens with one attached hydrogen (secondary N) is 2. The maximum absolute atomic E-state index is 6.26. The zero-order valence-electron chi connectivity index (χ0n) is 11.0. The third-order valence-electron chi connectivity index (χ3n) is 3.08. The molecule has 0 radical (unpaired) electrons. The van der Waals surface area contributed by atoms with Gasteiger partial charge >= 0.3 is 0 Å². The van der Waals surface area contributed by atoms with Crippen molar-refractivity contribution in [1.82, 2.24) is 15.5 Å². The van der Waals surface area contributed by atoms with Crippen LogP contribution in [0.5, 0.6) is 0 Å². The summed E-state index contributed by atoms with van der Waals surface area (Å²) < 4.78 is 0. The second-order valence-electron chi connectivity index (χ2n) is 5.17. The molecule has 0 saturated carbocycles. The van der Waals surface area contributed by atoms with Crippen molar-refractivity contribution in [2.24, 2.45) is 0 Å². The van der Waals surface area contributed by atoms with E-state index in [9.17, 15) is 0 Å². The summed E-state index contributed by atoms with van der Waals surface area (Å²) in [6, 6.07) is 7.56. The summed E-state index contributed by atoms with van der Waals surface area (Å²) in [6.07, 6.45) is 1.74. The number of aromatic nitrogens is 2. The fourth-order valence-electron chi connectivity index (χ4n) is 2.13. The summed E-state index contributed by atoms with van der Waals surface area (Å²) in [5, 5.41) is 11.6. The lowest BCUT2D eigenvalue weighted by Gasteiger charge is -2.27. The van der Waals surface area contributed by atoms with Crippen molar-refractivity contribution in [3.63, 3.8) is 0 Å². The summed E-state index contributed by atoms with van der Waals surface area (Å²) >= 11 is 12.5. The first-order valence-corrected chi connectivity index (χ1v) is 6.90. The van der Waals surface area contributed by atoms with Crippen LogP contribution in [0.3, 0.4) is 0 Å². The molecule has 0 aliphatic carbocycles. The van der Waals surface area contributed by atoms with E-state index in [1.807, 2.05) is 24.3 Å². The van der Waals surface area contributed by atoms with Gasteiger partial charge in [-0.05, 0) is 23.8 Å². The third kappa shape index (κ3) is 3.50. The first kappa shape index (κ1) is 14.4. The number of hydrogen-bond acceptors (Lipinski definition) is 2. The van der Waals surface area contributed by atoms with Gasteiger partial charge in [0.05, 0.1) is 0 Å². The van der Waals surface area contributed by atoms with Crippen LogP contribution in [0.1, 0.15) is 25.1 Å². The summed E-state index contributed by atoms with van der Waals surface area (Å²) in [5.74, 6) is 0. The normalized spacial score (nSPS) is 11.8. The van der Waals surface area contributed by atoms with E-state index in [1.165, 1.54) is 0 Å². The molecule has 0 atom stereocenters. The Hall–Kier alpha value is -1.03. The molecule has 5 heteroatoms. The van der Waals surface area contributed by atoms with Gasteiger partial charge in [-0.3, -0.25) is 5.10 Å². The lowest BCUT2D eigenvalue weighted by atomic mass is 9.84. The summed E-state index contributed by atoms with van der Waals surface area (Å²) in [6.45, 7) is 5.76. The topological polar surface area (TPSA) is 40.7 Å². The Morgan fingerprint density at radius 3 is 2.47 bits per heavy atom. The zero-order valence-corrected chi connectivity index (χ0v) is 12.5. The van der Waals surface area contributed by atoms with Crippen molar-refractivity contribution in [3.05, 3.63) is 51.8 Å². The Morgan fingerprint density at radius 1 is 1.21 bits per heavy atom. The van der Waals surface area contributed by atoms with Crippen molar-refractivity contribution < 1.29 is 0 Å². The highest BCUT2D eigenvalue weighted by Crippen LogP contribution is 2.35. The molecular formula is C14H17Cl2N3. The summed E-state index contributed by atoms with van der Waals surface area (Å²) in [5.41, 5.74) is 1.90. The molecule has 0 spiro atoms. The predicted molar refractivity (Wildman–Crippen MR) is 79.8 cm³/mol. The maximum atomic E-state index is 6.26. The van der Waals surface area contributed by atoms with E-state index in [1.54, 1.807) is 6.20 Å². The molecule has 0 fully saturated rings. The Balaban J connectivity index is 2.05.